The van der Waals surface area contributed by atoms with Crippen LogP contribution in [0.5, 0.6) is 0 Å². The van der Waals surface area contributed by atoms with Crippen LogP contribution in [-0.4, -0.2) is 90.5 Å². The first kappa shape index (κ1) is 33.4. The van der Waals surface area contributed by atoms with E-state index in [1.807, 2.05) is 42.2 Å². The highest BCUT2D eigenvalue weighted by Gasteiger charge is 2.55. The number of nitrogen functional groups attached to an aromatic ring is 1. The van der Waals surface area contributed by atoms with E-state index in [2.05, 4.69) is 41.3 Å². The fourth-order valence-electron chi connectivity index (χ4n) is 5.05. The van der Waals surface area contributed by atoms with Crippen molar-refractivity contribution >= 4 is 84.7 Å². The molecule has 0 aliphatic carbocycles. The number of aryl methyl sites for hydroxylation is 1. The van der Waals surface area contributed by atoms with Crippen molar-refractivity contribution < 1.29 is 38.8 Å². The summed E-state index contributed by atoms with van der Waals surface area (Å²) in [6.45, 7) is 4.47. The molecule has 0 aromatic carbocycles. The van der Waals surface area contributed by atoms with E-state index in [1.54, 1.807) is 0 Å². The second-order valence-corrected chi connectivity index (χ2v) is 14.5. The van der Waals surface area contributed by atoms with Gasteiger partial charge in [0.05, 0.1) is 0 Å². The minimum atomic E-state index is -1.78. The first-order valence-corrected chi connectivity index (χ1v) is 16.7. The number of halogens is 1. The van der Waals surface area contributed by atoms with E-state index < -0.39 is 46.5 Å². The molecule has 0 bridgehead atoms. The zero-order valence-corrected chi connectivity index (χ0v) is 28.2. The molecule has 2 aliphatic heterocycles. The van der Waals surface area contributed by atoms with Gasteiger partial charge in [-0.25, -0.2) is 14.6 Å². The number of carboxylic acids is 2. The number of pyridine rings is 1. The summed E-state index contributed by atoms with van der Waals surface area (Å²) >= 11 is 5.62. The number of aliphatic carboxylic acids is 2. The summed E-state index contributed by atoms with van der Waals surface area (Å²) < 4.78 is 4.45. The summed E-state index contributed by atoms with van der Waals surface area (Å²) in [7, 11) is 1.91. The molecule has 5 rings (SSSR count). The number of carboxylic acid groups (broad SMARTS) is 2. The van der Waals surface area contributed by atoms with Crippen LogP contribution in [-0.2, 0) is 37.1 Å². The van der Waals surface area contributed by atoms with Gasteiger partial charge in [0.1, 0.15) is 32.1 Å². The van der Waals surface area contributed by atoms with Gasteiger partial charge in [-0.1, -0.05) is 16.5 Å². The highest BCUT2D eigenvalue weighted by Crippen LogP contribution is 2.40. The van der Waals surface area contributed by atoms with Gasteiger partial charge in [0.15, 0.2) is 23.6 Å². The molecule has 2 atom stereocenters. The van der Waals surface area contributed by atoms with Gasteiger partial charge in [0.25, 0.3) is 11.8 Å². The molecule has 0 saturated carbocycles. The van der Waals surface area contributed by atoms with E-state index in [1.165, 1.54) is 30.5 Å². The summed E-state index contributed by atoms with van der Waals surface area (Å²) in [6.07, 6.45) is 4.83. The Morgan fingerprint density at radius 2 is 2.07 bits per heavy atom. The molecule has 3 aromatic heterocycles. The second-order valence-electron chi connectivity index (χ2n) is 11.0. The van der Waals surface area contributed by atoms with E-state index in [4.69, 9.17) is 10.6 Å². The molecule has 18 heteroatoms. The Kier molecular flexibility index (Phi) is 9.71. The predicted molar refractivity (Wildman–Crippen MR) is 174 cm³/mol. The summed E-state index contributed by atoms with van der Waals surface area (Å²) in [5.74, 6) is -3.75. The Labute approximate surface area is 279 Å². The minimum Gasteiger partial charge on any atom is -0.478 e. The van der Waals surface area contributed by atoms with Gasteiger partial charge in [-0.05, 0) is 55.9 Å². The number of carbonyl (C=O) groups excluding carboxylic acids is 2. The smallest absolute Gasteiger partial charge is 0.352 e. The monoisotopic (exact) mass is 735 g/mol. The second kappa shape index (κ2) is 13.4. The van der Waals surface area contributed by atoms with E-state index in [-0.39, 0.29) is 23.1 Å². The average Bonchev–Trinajstić information content (AvgIpc) is 3.57. The van der Waals surface area contributed by atoms with Gasteiger partial charge in [-0.2, -0.15) is 4.57 Å². The highest BCUT2D eigenvalue weighted by molar-refractivity contribution is 9.11. The number of hydrogen-bond donors (Lipinski definition) is 5. The number of carbonyl (C=O) groups is 4. The lowest BCUT2D eigenvalue weighted by molar-refractivity contribution is -0.663. The van der Waals surface area contributed by atoms with Crippen LogP contribution in [0.3, 0.4) is 0 Å². The number of oxime groups is 1. The molecule has 6 N–H and O–H groups in total. The van der Waals surface area contributed by atoms with Gasteiger partial charge < -0.3 is 36.0 Å². The normalized spacial score (nSPS) is 18.4. The number of nitrogens with one attached hydrogen (secondary N) is 2. The summed E-state index contributed by atoms with van der Waals surface area (Å²) in [5, 5.41) is 28.6. The highest BCUT2D eigenvalue weighted by atomic mass is 79.9. The molecule has 2 aliphatic rings. The van der Waals surface area contributed by atoms with Crippen molar-refractivity contribution in [3.63, 3.8) is 0 Å². The van der Waals surface area contributed by atoms with Crippen LogP contribution in [0.2, 0.25) is 0 Å². The van der Waals surface area contributed by atoms with E-state index >= 15 is 0 Å². The molecule has 5 heterocycles. The van der Waals surface area contributed by atoms with Gasteiger partial charge in [0, 0.05) is 36.2 Å². The van der Waals surface area contributed by atoms with Crippen molar-refractivity contribution in [1.82, 2.24) is 25.1 Å². The number of nitrogens with zero attached hydrogens (tertiary/aromatic N) is 5. The van der Waals surface area contributed by atoms with Crippen molar-refractivity contribution in [2.24, 2.45) is 5.16 Å². The van der Waals surface area contributed by atoms with Gasteiger partial charge in [-0.15, -0.1) is 11.8 Å². The molecule has 0 spiro atoms. The van der Waals surface area contributed by atoms with Gasteiger partial charge >= 0.3 is 11.9 Å². The molecule has 2 unspecified atom stereocenters. The van der Waals surface area contributed by atoms with Crippen LogP contribution in [0.15, 0.2) is 50.8 Å². The first-order valence-electron chi connectivity index (χ1n) is 14.1. The number of fused-ring (bicyclic) bond motifs is 2. The number of thioether (sulfide) groups is 1. The van der Waals surface area contributed by atoms with Crippen LogP contribution >= 0.6 is 39.0 Å². The number of β-lactam (4-membered cyclic amide) rings is 1. The molecule has 15 nitrogen and oxygen atoms in total. The molecular formula is C28H32BrN8O7S2+. The maximum atomic E-state index is 13.5. The molecule has 3 aromatic rings. The van der Waals surface area contributed by atoms with Gasteiger partial charge in [0.2, 0.25) is 11.1 Å². The molecule has 1 saturated heterocycles. The van der Waals surface area contributed by atoms with Crippen LogP contribution < -0.4 is 20.9 Å². The molecule has 2 amide bonds. The lowest BCUT2D eigenvalue weighted by Gasteiger charge is -2.49. The van der Waals surface area contributed by atoms with Crippen molar-refractivity contribution in [3.8, 4) is 0 Å². The molecule has 244 valence electrons. The Morgan fingerprint density at radius 1 is 1.30 bits per heavy atom. The zero-order chi connectivity index (χ0) is 33.3. The summed E-state index contributed by atoms with van der Waals surface area (Å²) in [6, 6.07) is 4.83. The Morgan fingerprint density at radius 3 is 2.72 bits per heavy atom. The van der Waals surface area contributed by atoms with Crippen molar-refractivity contribution in [2.45, 2.75) is 50.4 Å². The number of amides is 2. The number of anilines is 1. The minimum absolute atomic E-state index is 0.00316. The number of thiazole rings is 1. The number of rotatable bonds is 13. The Hall–Kier alpha value is -4.00. The van der Waals surface area contributed by atoms with Crippen LogP contribution in [0, 0.1) is 0 Å². The fraction of sp³-hybridized carbons (Fsp3) is 0.393. The quantitative estimate of drug-likeness (QED) is 0.0557. The van der Waals surface area contributed by atoms with Crippen LogP contribution in [0.4, 0.5) is 5.13 Å². The third-order valence-electron chi connectivity index (χ3n) is 7.46. The topological polar surface area (TPSA) is 205 Å². The van der Waals surface area contributed by atoms with E-state index in [9.17, 15) is 29.4 Å². The predicted octanol–water partition coefficient (Wildman–Crippen LogP) is 1.36. The molecule has 1 fully saturated rings. The van der Waals surface area contributed by atoms with Crippen LogP contribution in [0.25, 0.3) is 11.0 Å². The molecule has 0 radical (unpaired) electrons. The first-order chi connectivity index (χ1) is 21.8. The lowest BCUT2D eigenvalue weighted by Crippen LogP contribution is -2.71. The number of aromatic nitrogens is 3. The van der Waals surface area contributed by atoms with Crippen molar-refractivity contribution in [2.75, 3.05) is 25.1 Å². The SMILES string of the molecule is CNCCCn1ccc2c1ccc[n+]2CC1=C(C(=O)O)N2C(=O)C(NC(=O)/C(=N\OC(C)(C)C(=O)O)c3nc(N)sc3Br)C2SC1. The largest absolute Gasteiger partial charge is 0.478 e. The van der Waals surface area contributed by atoms with Crippen molar-refractivity contribution in [3.05, 3.63) is 51.3 Å². The average molecular weight is 737 g/mol. The maximum absolute atomic E-state index is 13.5. The van der Waals surface area contributed by atoms with Crippen LogP contribution in [0.1, 0.15) is 26.0 Å². The number of nitrogens with two attached hydrogens (primary N) is 1. The molecular weight excluding hydrogens is 704 g/mol. The zero-order valence-electron chi connectivity index (χ0n) is 25.0. The summed E-state index contributed by atoms with van der Waals surface area (Å²) in [4.78, 5) is 61.4. The van der Waals surface area contributed by atoms with E-state index in [0.29, 0.717) is 15.1 Å². The number of hydrogen-bond acceptors (Lipinski definition) is 11. The van der Waals surface area contributed by atoms with Gasteiger partial charge in [-0.3, -0.25) is 14.5 Å². The Bertz CT molecular complexity index is 1790. The lowest BCUT2D eigenvalue weighted by atomic mass is 10.0. The standard InChI is InChI=1S/C28H31BrN8O7S2/c1-28(2,26(42)43)44-34-18(17-21(29)46-27(30)33-17)22(38)32-19-23(39)37-20(25(40)41)14(13-45-24(19)37)12-36-9-4-6-15-16(36)7-11-35(15)10-5-8-31-3/h4,6-7,9,11,19,24,31H,5,8,10,12-13H2,1-3H3,(H4-,30,32,33,38,40,41,42,43)/p+1/b34-18-. The summed E-state index contributed by atoms with van der Waals surface area (Å²) in [5.41, 5.74) is 5.99. The Balaban J connectivity index is 1.37. The third-order valence-corrected chi connectivity index (χ3v) is 10.3. The van der Waals surface area contributed by atoms with E-state index in [0.717, 1.165) is 41.9 Å². The maximum Gasteiger partial charge on any atom is 0.352 e. The fourth-order valence-corrected chi connectivity index (χ4v) is 7.72. The third kappa shape index (κ3) is 6.47. The van der Waals surface area contributed by atoms with Crippen molar-refractivity contribution in [1.29, 1.82) is 0 Å². The molecule has 46 heavy (non-hydrogen) atoms.